The number of carbonyl (C=O) groups excluding carboxylic acids is 1. The molecule has 0 aliphatic carbocycles. The number of hydrogen-bond acceptors (Lipinski definition) is 8. The molecule has 8 nitrogen and oxygen atoms in total. The van der Waals surface area contributed by atoms with E-state index in [-0.39, 0.29) is 21.8 Å². The van der Waals surface area contributed by atoms with Crippen molar-refractivity contribution in [3.63, 3.8) is 0 Å². The Balaban J connectivity index is 1.76. The normalized spacial score (nSPS) is 10.7. The fourth-order valence-corrected chi connectivity index (χ4v) is 3.52. The molecule has 0 saturated heterocycles. The van der Waals surface area contributed by atoms with E-state index in [1.807, 2.05) is 6.07 Å². The number of aldehydes is 1. The Labute approximate surface area is 161 Å². The van der Waals surface area contributed by atoms with Gasteiger partial charge in [-0.15, -0.1) is 0 Å². The highest BCUT2D eigenvalue weighted by atomic mass is 32.1. The summed E-state index contributed by atoms with van der Waals surface area (Å²) in [5, 5.41) is 14.9. The zero-order valence-corrected chi connectivity index (χ0v) is 14.9. The molecule has 0 saturated carbocycles. The fraction of sp³-hybridized carbons (Fsp3) is 0. The van der Waals surface area contributed by atoms with Gasteiger partial charge in [-0.2, -0.15) is 0 Å². The number of non-ortho nitro benzene ring substituents is 1. The lowest BCUT2D eigenvalue weighted by molar-refractivity contribution is -0.384. The Morgan fingerprint density at radius 1 is 1.14 bits per heavy atom. The number of nitrogens with one attached hydrogen (secondary N) is 1. The summed E-state index contributed by atoms with van der Waals surface area (Å²) in [6, 6.07) is 14.6. The van der Waals surface area contributed by atoms with Gasteiger partial charge in [0.25, 0.3) is 5.69 Å². The van der Waals surface area contributed by atoms with E-state index >= 15 is 0 Å². The van der Waals surface area contributed by atoms with Gasteiger partial charge in [0.1, 0.15) is 11.3 Å². The Morgan fingerprint density at radius 3 is 2.75 bits per heavy atom. The number of hydrogen-bond donors (Lipinski definition) is 1. The van der Waals surface area contributed by atoms with Crippen LogP contribution in [0.15, 0.2) is 63.8 Å². The maximum Gasteiger partial charge on any atom is 0.345 e. The third kappa shape index (κ3) is 3.26. The number of benzene rings is 2. The summed E-state index contributed by atoms with van der Waals surface area (Å²) >= 11 is 1.04. The summed E-state index contributed by atoms with van der Waals surface area (Å²) in [4.78, 5) is 38.9. The molecule has 0 spiro atoms. The summed E-state index contributed by atoms with van der Waals surface area (Å²) in [6.45, 7) is 0. The molecule has 4 rings (SSSR count). The number of rotatable bonds is 5. The number of nitrogens with zero attached hydrogens (tertiary/aromatic N) is 2. The maximum absolute atomic E-state index is 12.4. The highest BCUT2D eigenvalue weighted by molar-refractivity contribution is 7.17. The summed E-state index contributed by atoms with van der Waals surface area (Å²) in [5.74, 6) is 0. The van der Waals surface area contributed by atoms with Crippen LogP contribution >= 0.6 is 11.3 Å². The summed E-state index contributed by atoms with van der Waals surface area (Å²) in [7, 11) is 0. The molecule has 2 aromatic carbocycles. The second-order valence-electron chi connectivity index (χ2n) is 5.77. The van der Waals surface area contributed by atoms with Crippen LogP contribution in [0.25, 0.3) is 22.2 Å². The first-order valence-corrected chi connectivity index (χ1v) is 8.87. The third-order valence-electron chi connectivity index (χ3n) is 3.97. The molecule has 0 aliphatic rings. The van der Waals surface area contributed by atoms with E-state index in [2.05, 4.69) is 10.3 Å². The van der Waals surface area contributed by atoms with Gasteiger partial charge in [0.05, 0.1) is 15.4 Å². The lowest BCUT2D eigenvalue weighted by atomic mass is 10.1. The number of thiazole rings is 1. The van der Waals surface area contributed by atoms with E-state index in [0.717, 1.165) is 11.3 Å². The van der Waals surface area contributed by atoms with Crippen LogP contribution in [0.4, 0.5) is 16.5 Å². The predicted octanol–water partition coefficient (Wildman–Crippen LogP) is 4.38. The molecule has 9 heteroatoms. The van der Waals surface area contributed by atoms with Gasteiger partial charge in [-0.1, -0.05) is 35.6 Å². The molecule has 0 amide bonds. The van der Waals surface area contributed by atoms with Crippen molar-refractivity contribution in [2.24, 2.45) is 0 Å². The van der Waals surface area contributed by atoms with Crippen LogP contribution in [-0.2, 0) is 0 Å². The molecule has 138 valence electrons. The zero-order chi connectivity index (χ0) is 19.7. The van der Waals surface area contributed by atoms with Gasteiger partial charge in [0.15, 0.2) is 11.4 Å². The summed E-state index contributed by atoms with van der Waals surface area (Å²) < 4.78 is 5.31. The second kappa shape index (κ2) is 7.05. The topological polar surface area (TPSA) is 115 Å². The van der Waals surface area contributed by atoms with Gasteiger partial charge in [0, 0.05) is 23.2 Å². The van der Waals surface area contributed by atoms with Crippen LogP contribution in [0.2, 0.25) is 0 Å². The van der Waals surface area contributed by atoms with Crippen LogP contribution < -0.4 is 10.9 Å². The second-order valence-corrected chi connectivity index (χ2v) is 6.80. The van der Waals surface area contributed by atoms with Gasteiger partial charge >= 0.3 is 5.63 Å². The number of carbonyl (C=O) groups is 1. The van der Waals surface area contributed by atoms with Gasteiger partial charge < -0.3 is 9.73 Å². The number of fused-ring (bicyclic) bond motifs is 1. The van der Waals surface area contributed by atoms with Crippen LogP contribution in [0.1, 0.15) is 9.67 Å². The molecule has 2 heterocycles. The quantitative estimate of drug-likeness (QED) is 0.231. The molecule has 0 atom stereocenters. The Hall–Kier alpha value is -3.85. The van der Waals surface area contributed by atoms with Crippen molar-refractivity contribution in [3.8, 4) is 11.3 Å². The minimum Gasteiger partial charge on any atom is -0.422 e. The van der Waals surface area contributed by atoms with Crippen LogP contribution in [0.3, 0.4) is 0 Å². The highest BCUT2D eigenvalue weighted by Crippen LogP contribution is 2.32. The number of para-hydroxylation sites is 1. The van der Waals surface area contributed by atoms with Crippen molar-refractivity contribution in [3.05, 3.63) is 80.0 Å². The first kappa shape index (κ1) is 17.6. The molecule has 28 heavy (non-hydrogen) atoms. The van der Waals surface area contributed by atoms with Crippen LogP contribution in [0, 0.1) is 10.1 Å². The van der Waals surface area contributed by atoms with E-state index < -0.39 is 10.5 Å². The standard InChI is InChI=1S/C19H11N3O5S/c23-10-16-17(14-8-11-4-1-2-7-15(11)27-18(14)24)21-19(28-16)20-12-5-3-6-13(9-12)22(25)26/h1-10H,(H,20,21). The Bertz CT molecular complexity index is 1280. The number of nitro benzene ring substituents is 1. The van der Waals surface area contributed by atoms with E-state index in [1.165, 1.54) is 18.2 Å². The van der Waals surface area contributed by atoms with Crippen molar-refractivity contribution in [1.29, 1.82) is 0 Å². The molecule has 2 aromatic heterocycles. The van der Waals surface area contributed by atoms with Crippen molar-refractivity contribution >= 4 is 45.1 Å². The Kier molecular flexibility index (Phi) is 4.42. The first-order valence-electron chi connectivity index (χ1n) is 8.06. The molecule has 0 radical (unpaired) electrons. The monoisotopic (exact) mass is 393 g/mol. The molecule has 0 fully saturated rings. The molecule has 4 aromatic rings. The van der Waals surface area contributed by atoms with E-state index in [0.29, 0.717) is 28.1 Å². The number of anilines is 2. The van der Waals surface area contributed by atoms with Gasteiger partial charge in [-0.05, 0) is 18.2 Å². The molecular weight excluding hydrogens is 382 g/mol. The van der Waals surface area contributed by atoms with Crippen molar-refractivity contribution in [1.82, 2.24) is 4.98 Å². The molecule has 0 unspecified atom stereocenters. The van der Waals surface area contributed by atoms with Crippen molar-refractivity contribution < 1.29 is 14.1 Å². The van der Waals surface area contributed by atoms with Gasteiger partial charge in [0.2, 0.25) is 0 Å². The predicted molar refractivity (Wildman–Crippen MR) is 105 cm³/mol. The summed E-state index contributed by atoms with van der Waals surface area (Å²) in [6.07, 6.45) is 0.611. The fourth-order valence-electron chi connectivity index (χ4n) is 2.71. The van der Waals surface area contributed by atoms with E-state index in [4.69, 9.17) is 4.42 Å². The first-order chi connectivity index (χ1) is 13.5. The Morgan fingerprint density at radius 2 is 1.96 bits per heavy atom. The molecular formula is C19H11N3O5S. The van der Waals surface area contributed by atoms with E-state index in [9.17, 15) is 19.7 Å². The van der Waals surface area contributed by atoms with E-state index in [1.54, 1.807) is 30.3 Å². The molecule has 1 N–H and O–H groups in total. The zero-order valence-electron chi connectivity index (χ0n) is 14.1. The molecule has 0 bridgehead atoms. The number of nitro groups is 1. The minimum absolute atomic E-state index is 0.0763. The largest absolute Gasteiger partial charge is 0.422 e. The number of aromatic nitrogens is 1. The average molecular weight is 393 g/mol. The van der Waals surface area contributed by atoms with Crippen molar-refractivity contribution in [2.45, 2.75) is 0 Å². The molecule has 0 aliphatic heterocycles. The van der Waals surface area contributed by atoms with Crippen molar-refractivity contribution in [2.75, 3.05) is 5.32 Å². The smallest absolute Gasteiger partial charge is 0.345 e. The van der Waals surface area contributed by atoms with Crippen LogP contribution in [0.5, 0.6) is 0 Å². The van der Waals surface area contributed by atoms with Gasteiger partial charge in [-0.3, -0.25) is 14.9 Å². The average Bonchev–Trinajstić information content (AvgIpc) is 3.10. The maximum atomic E-state index is 12.4. The van der Waals surface area contributed by atoms with Crippen LogP contribution in [-0.4, -0.2) is 16.2 Å². The highest BCUT2D eigenvalue weighted by Gasteiger charge is 2.18. The third-order valence-corrected chi connectivity index (χ3v) is 4.86. The lowest BCUT2D eigenvalue weighted by Crippen LogP contribution is -2.04. The lowest BCUT2D eigenvalue weighted by Gasteiger charge is -2.02. The SMILES string of the molecule is O=Cc1sc(Nc2cccc([N+](=O)[O-])c2)nc1-c1cc2ccccc2oc1=O. The van der Waals surface area contributed by atoms with Gasteiger partial charge in [-0.25, -0.2) is 9.78 Å². The summed E-state index contributed by atoms with van der Waals surface area (Å²) in [5.41, 5.74) is 0.574. The minimum atomic E-state index is -0.603.